The molecule has 1 rings (SSSR count). The van der Waals surface area contributed by atoms with Crippen LogP contribution in [0.5, 0.6) is 5.75 Å². The number of nitrogens with one attached hydrogen (secondary N) is 1. The number of allylic oxidation sites excluding steroid dienone is 2. The summed E-state index contributed by atoms with van der Waals surface area (Å²) in [5.41, 5.74) is -1.42. The molecule has 48 heavy (non-hydrogen) atoms. The zero-order valence-corrected chi connectivity index (χ0v) is 28.4. The van der Waals surface area contributed by atoms with Crippen molar-refractivity contribution in [2.45, 2.75) is 122 Å². The number of carboxylic acid groups (broad SMARTS) is 3. The van der Waals surface area contributed by atoms with Gasteiger partial charge < -0.3 is 35.6 Å². The Hall–Kier alpha value is -4.03. The van der Waals surface area contributed by atoms with Gasteiger partial charge in [0, 0.05) is 12.8 Å². The van der Waals surface area contributed by atoms with Gasteiger partial charge in [0.25, 0.3) is 0 Å². The fourth-order valence-corrected chi connectivity index (χ4v) is 4.98. The lowest BCUT2D eigenvalue weighted by Crippen LogP contribution is -2.55. The number of benzene rings is 1. The second-order valence-corrected chi connectivity index (χ2v) is 12.3. The molecule has 0 spiro atoms. The zero-order valence-electron chi connectivity index (χ0n) is 28.4. The molecule has 1 unspecified atom stereocenters. The van der Waals surface area contributed by atoms with E-state index >= 15 is 0 Å². The molecule has 1 amide bonds. The van der Waals surface area contributed by atoms with Crippen LogP contribution in [0.3, 0.4) is 0 Å². The van der Waals surface area contributed by atoms with Crippen molar-refractivity contribution in [2.75, 3.05) is 6.61 Å². The van der Waals surface area contributed by atoms with Crippen LogP contribution < -0.4 is 10.1 Å². The maximum atomic E-state index is 13.3. The van der Waals surface area contributed by atoms with Crippen molar-refractivity contribution < 1.29 is 54.2 Å². The Morgan fingerprint density at radius 3 is 2.15 bits per heavy atom. The average molecular weight is 676 g/mol. The molecule has 4 atom stereocenters. The van der Waals surface area contributed by atoms with Gasteiger partial charge in [0.05, 0.1) is 12.3 Å². The number of amides is 1. The van der Waals surface area contributed by atoms with Crippen molar-refractivity contribution >= 4 is 29.6 Å². The van der Waals surface area contributed by atoms with Crippen LogP contribution in [0.2, 0.25) is 0 Å². The summed E-state index contributed by atoms with van der Waals surface area (Å²) >= 11 is 0. The van der Waals surface area contributed by atoms with Crippen LogP contribution in [0, 0.1) is 5.92 Å². The Morgan fingerprint density at radius 1 is 0.917 bits per heavy atom. The molecule has 0 aromatic heterocycles. The molecule has 0 fully saturated rings. The molecule has 0 heterocycles. The summed E-state index contributed by atoms with van der Waals surface area (Å²) in [4.78, 5) is 61.0. The molecular weight excluding hydrogens is 622 g/mol. The molecule has 0 saturated carbocycles. The Morgan fingerprint density at radius 2 is 1.56 bits per heavy atom. The summed E-state index contributed by atoms with van der Waals surface area (Å²) in [6.45, 7) is 6.32. The third-order valence-corrected chi connectivity index (χ3v) is 7.88. The number of aliphatic hydroxyl groups is 2. The van der Waals surface area contributed by atoms with E-state index in [1.54, 1.807) is 24.3 Å². The molecule has 0 radical (unpaired) electrons. The molecule has 12 heteroatoms. The van der Waals surface area contributed by atoms with Gasteiger partial charge in [-0.25, -0.2) is 9.59 Å². The third kappa shape index (κ3) is 16.2. The third-order valence-electron chi connectivity index (χ3n) is 7.88. The fourth-order valence-electron chi connectivity index (χ4n) is 4.98. The topological polar surface area (TPSA) is 208 Å². The number of unbranched alkanes of at least 4 members (excludes halogenated alkanes) is 7. The van der Waals surface area contributed by atoms with Crippen molar-refractivity contribution in [3.05, 3.63) is 53.6 Å². The number of hydrogen-bond acceptors (Lipinski definition) is 8. The van der Waals surface area contributed by atoms with E-state index in [4.69, 9.17) is 4.74 Å². The van der Waals surface area contributed by atoms with Gasteiger partial charge in [0.1, 0.15) is 24.5 Å². The number of Topliss-reactive ketones (excluding diaryl/α,β-unsaturated/α-hetero) is 1. The SMILES string of the molecule is CCCCCCC(O)C(=O)CCCCCC/C=C/[C@@H](C(=O)N[C@@H](Cc1ccc(OCC=C(C)C)cc1)C(=O)O)[C@@](O)(CC(=O)O)C(=O)O. The van der Waals surface area contributed by atoms with E-state index in [9.17, 15) is 49.5 Å². The highest BCUT2D eigenvalue weighted by Crippen LogP contribution is 2.26. The Balaban J connectivity index is 2.85. The van der Waals surface area contributed by atoms with E-state index in [2.05, 4.69) is 12.2 Å². The van der Waals surface area contributed by atoms with Crippen LogP contribution in [0.15, 0.2) is 48.1 Å². The maximum Gasteiger partial charge on any atom is 0.337 e. The number of hydrogen-bond donors (Lipinski definition) is 6. The van der Waals surface area contributed by atoms with Gasteiger partial charge in [0.2, 0.25) is 5.91 Å². The van der Waals surface area contributed by atoms with Crippen LogP contribution >= 0.6 is 0 Å². The fraction of sp³-hybridized carbons (Fsp3) is 0.583. The minimum Gasteiger partial charge on any atom is -0.490 e. The van der Waals surface area contributed by atoms with Gasteiger partial charge in [-0.2, -0.15) is 0 Å². The molecule has 268 valence electrons. The number of carbonyl (C=O) groups is 5. The van der Waals surface area contributed by atoms with E-state index in [0.29, 0.717) is 56.4 Å². The van der Waals surface area contributed by atoms with E-state index in [0.717, 1.165) is 37.3 Å². The second kappa shape index (κ2) is 22.5. The quantitative estimate of drug-likeness (QED) is 0.0578. The number of carbonyl (C=O) groups excluding carboxylic acids is 2. The van der Waals surface area contributed by atoms with Gasteiger partial charge in [0.15, 0.2) is 11.4 Å². The van der Waals surface area contributed by atoms with Crippen LogP contribution in [-0.4, -0.2) is 79.5 Å². The van der Waals surface area contributed by atoms with Crippen LogP contribution in [0.4, 0.5) is 0 Å². The Kier molecular flexibility index (Phi) is 19.7. The molecule has 0 saturated heterocycles. The molecule has 0 aliphatic carbocycles. The summed E-state index contributed by atoms with van der Waals surface area (Å²) in [5, 5.41) is 52.1. The first-order valence-electron chi connectivity index (χ1n) is 16.6. The predicted molar refractivity (Wildman–Crippen MR) is 180 cm³/mol. The van der Waals surface area contributed by atoms with Crippen molar-refractivity contribution in [3.63, 3.8) is 0 Å². The smallest absolute Gasteiger partial charge is 0.337 e. The summed E-state index contributed by atoms with van der Waals surface area (Å²) in [7, 11) is 0. The lowest BCUT2D eigenvalue weighted by atomic mass is 9.82. The maximum absolute atomic E-state index is 13.3. The molecule has 0 aliphatic rings. The molecule has 0 aliphatic heterocycles. The van der Waals surface area contributed by atoms with Crippen LogP contribution in [-0.2, 0) is 30.4 Å². The van der Waals surface area contributed by atoms with E-state index < -0.39 is 53.9 Å². The van der Waals surface area contributed by atoms with Gasteiger partial charge >= 0.3 is 17.9 Å². The lowest BCUT2D eigenvalue weighted by molar-refractivity contribution is -0.172. The van der Waals surface area contributed by atoms with Crippen molar-refractivity contribution in [3.8, 4) is 5.75 Å². The highest BCUT2D eigenvalue weighted by atomic mass is 16.5. The second-order valence-electron chi connectivity index (χ2n) is 12.3. The van der Waals surface area contributed by atoms with Gasteiger partial charge in [-0.3, -0.25) is 14.4 Å². The Bertz CT molecular complexity index is 1240. The van der Waals surface area contributed by atoms with Gasteiger partial charge in [-0.05, 0) is 63.3 Å². The van der Waals surface area contributed by atoms with Crippen LogP contribution in [0.25, 0.3) is 0 Å². The molecule has 0 bridgehead atoms. The number of ketones is 1. The molecule has 1 aromatic rings. The summed E-state index contributed by atoms with van der Waals surface area (Å²) in [5.74, 6) is -7.69. The first kappa shape index (κ1) is 42.0. The van der Waals surface area contributed by atoms with Crippen molar-refractivity contribution in [1.29, 1.82) is 0 Å². The molecule has 1 aromatic carbocycles. The van der Waals surface area contributed by atoms with E-state index in [1.165, 1.54) is 6.08 Å². The highest BCUT2D eigenvalue weighted by molar-refractivity contribution is 5.94. The molecule has 12 nitrogen and oxygen atoms in total. The minimum atomic E-state index is -3.04. The zero-order chi connectivity index (χ0) is 36.1. The number of aliphatic hydroxyl groups excluding tert-OH is 1. The summed E-state index contributed by atoms with van der Waals surface area (Å²) in [6.07, 6.45) is 9.66. The number of ether oxygens (including phenoxy) is 1. The normalized spacial score (nSPS) is 14.4. The van der Waals surface area contributed by atoms with Gasteiger partial charge in [-0.15, -0.1) is 0 Å². The monoisotopic (exact) mass is 675 g/mol. The largest absolute Gasteiger partial charge is 0.490 e. The Labute approximate surface area is 282 Å². The summed E-state index contributed by atoms with van der Waals surface area (Å²) < 4.78 is 5.60. The molecule has 6 N–H and O–H groups in total. The van der Waals surface area contributed by atoms with Crippen molar-refractivity contribution in [2.24, 2.45) is 5.92 Å². The van der Waals surface area contributed by atoms with Crippen LogP contribution in [0.1, 0.15) is 103 Å². The van der Waals surface area contributed by atoms with Gasteiger partial charge in [-0.1, -0.05) is 75.3 Å². The summed E-state index contributed by atoms with van der Waals surface area (Å²) in [6, 6.07) is 5.04. The minimum absolute atomic E-state index is 0.172. The first-order valence-corrected chi connectivity index (χ1v) is 16.6. The number of carboxylic acids is 3. The standard InChI is InChI=1S/C36H53NO11/c1-4-5-6-12-15-30(38)31(39)16-13-10-8-7-9-11-14-28(36(47,35(45)46)24-32(40)41)33(42)37-29(34(43)44)23-26-17-19-27(20-18-26)48-22-21-25(2)3/h11,14,17-21,28-30,38,47H,4-10,12-13,15-16,22-24H2,1-3H3,(H,37,42)(H,40,41)(H,43,44)(H,45,46)/b14-11+/t28-,29-,30?,36-/m0/s1. The molecular formula is C36H53NO11. The van der Waals surface area contributed by atoms with Crippen molar-refractivity contribution in [1.82, 2.24) is 5.32 Å². The average Bonchev–Trinajstić information content (AvgIpc) is 3.01. The predicted octanol–water partition coefficient (Wildman–Crippen LogP) is 4.85. The number of rotatable bonds is 26. The number of aliphatic carboxylic acids is 3. The first-order chi connectivity index (χ1) is 22.7. The van der Waals surface area contributed by atoms with E-state index in [-0.39, 0.29) is 18.6 Å². The highest BCUT2D eigenvalue weighted by Gasteiger charge is 2.49. The van der Waals surface area contributed by atoms with E-state index in [1.807, 2.05) is 19.9 Å². The lowest BCUT2D eigenvalue weighted by Gasteiger charge is -2.29.